The van der Waals surface area contributed by atoms with Crippen molar-refractivity contribution in [2.45, 2.75) is 17.1 Å². The van der Waals surface area contributed by atoms with Gasteiger partial charge in [0.15, 0.2) is 0 Å². The zero-order chi connectivity index (χ0) is 15.2. The second kappa shape index (κ2) is 7.04. The molecule has 0 saturated heterocycles. The van der Waals surface area contributed by atoms with Crippen LogP contribution in [0.4, 0.5) is 11.4 Å². The molecular formula is C16H18N2O2S. The van der Waals surface area contributed by atoms with Crippen LogP contribution < -0.4 is 15.8 Å². The van der Waals surface area contributed by atoms with Gasteiger partial charge in [-0.3, -0.25) is 4.79 Å². The second-order valence-electron chi connectivity index (χ2n) is 4.52. The van der Waals surface area contributed by atoms with E-state index < -0.39 is 0 Å². The zero-order valence-electron chi connectivity index (χ0n) is 12.0. The molecule has 0 heterocycles. The minimum absolute atomic E-state index is 0.0616. The molecule has 110 valence electrons. The van der Waals surface area contributed by atoms with E-state index in [0.717, 1.165) is 16.3 Å². The van der Waals surface area contributed by atoms with Gasteiger partial charge in [-0.1, -0.05) is 12.1 Å². The molecule has 0 spiro atoms. The number of hydrogen-bond acceptors (Lipinski definition) is 4. The molecule has 0 unspecified atom stereocenters. The van der Waals surface area contributed by atoms with Gasteiger partial charge in [0.05, 0.1) is 12.4 Å². The summed E-state index contributed by atoms with van der Waals surface area (Å²) in [4.78, 5) is 13.1. The number of carbonyl (C=O) groups excluding carboxylic acids is 1. The predicted molar refractivity (Wildman–Crippen MR) is 87.8 cm³/mol. The van der Waals surface area contributed by atoms with E-state index >= 15 is 0 Å². The van der Waals surface area contributed by atoms with Gasteiger partial charge < -0.3 is 15.8 Å². The first kappa shape index (κ1) is 15.3. The van der Waals surface area contributed by atoms with Crippen LogP contribution in [0.5, 0.6) is 5.75 Å². The summed E-state index contributed by atoms with van der Waals surface area (Å²) in [5, 5.41) is 2.64. The Morgan fingerprint density at radius 2 is 1.86 bits per heavy atom. The number of nitrogens with two attached hydrogens (primary N) is 1. The number of nitrogens with one attached hydrogen (secondary N) is 1. The lowest BCUT2D eigenvalue weighted by atomic mass is 10.3. The highest BCUT2D eigenvalue weighted by molar-refractivity contribution is 8.00. The van der Waals surface area contributed by atoms with E-state index in [0.29, 0.717) is 5.69 Å². The SMILES string of the molecule is COc1ccc(NC(=O)[C@H](C)Sc2ccccc2N)cc1. The maximum atomic E-state index is 12.2. The van der Waals surface area contributed by atoms with Gasteiger partial charge in [0.25, 0.3) is 0 Å². The summed E-state index contributed by atoms with van der Waals surface area (Å²) in [5.74, 6) is 0.695. The highest BCUT2D eigenvalue weighted by atomic mass is 32.2. The van der Waals surface area contributed by atoms with Crippen molar-refractivity contribution >= 4 is 29.0 Å². The van der Waals surface area contributed by atoms with Crippen molar-refractivity contribution in [3.05, 3.63) is 48.5 Å². The number of rotatable bonds is 5. The van der Waals surface area contributed by atoms with Crippen LogP contribution in [0, 0.1) is 0 Å². The van der Waals surface area contributed by atoms with Crippen LogP contribution in [-0.4, -0.2) is 18.3 Å². The fourth-order valence-electron chi connectivity index (χ4n) is 1.75. The first-order valence-electron chi connectivity index (χ1n) is 6.56. The van der Waals surface area contributed by atoms with Gasteiger partial charge >= 0.3 is 0 Å². The van der Waals surface area contributed by atoms with Crippen LogP contribution in [0.3, 0.4) is 0 Å². The molecule has 1 amide bonds. The summed E-state index contributed by atoms with van der Waals surface area (Å²) in [7, 11) is 1.61. The molecule has 0 aromatic heterocycles. The Labute approximate surface area is 128 Å². The normalized spacial score (nSPS) is 11.7. The van der Waals surface area contributed by atoms with Gasteiger partial charge in [-0.25, -0.2) is 0 Å². The summed E-state index contributed by atoms with van der Waals surface area (Å²) in [6.07, 6.45) is 0. The van der Waals surface area contributed by atoms with Gasteiger partial charge in [0, 0.05) is 16.3 Å². The molecule has 21 heavy (non-hydrogen) atoms. The highest BCUT2D eigenvalue weighted by Crippen LogP contribution is 2.29. The van der Waals surface area contributed by atoms with Crippen molar-refractivity contribution in [2.75, 3.05) is 18.2 Å². The van der Waals surface area contributed by atoms with E-state index in [1.807, 2.05) is 55.5 Å². The van der Waals surface area contributed by atoms with Crippen molar-refractivity contribution in [1.29, 1.82) is 0 Å². The van der Waals surface area contributed by atoms with Crippen molar-refractivity contribution < 1.29 is 9.53 Å². The van der Waals surface area contributed by atoms with Gasteiger partial charge in [0.2, 0.25) is 5.91 Å². The number of benzene rings is 2. The Morgan fingerprint density at radius 1 is 1.19 bits per heavy atom. The minimum Gasteiger partial charge on any atom is -0.497 e. The Kier molecular flexibility index (Phi) is 5.11. The molecule has 0 aliphatic carbocycles. The summed E-state index contributed by atoms with van der Waals surface area (Å²) >= 11 is 1.44. The number of nitrogen functional groups attached to an aromatic ring is 1. The quantitative estimate of drug-likeness (QED) is 0.656. The van der Waals surface area contributed by atoms with Gasteiger partial charge in [-0.15, -0.1) is 11.8 Å². The fourth-order valence-corrected chi connectivity index (χ4v) is 2.66. The molecule has 0 fully saturated rings. The average molecular weight is 302 g/mol. The summed E-state index contributed by atoms with van der Waals surface area (Å²) in [6, 6.07) is 14.8. The van der Waals surface area contributed by atoms with Crippen LogP contribution in [0.1, 0.15) is 6.92 Å². The number of anilines is 2. The topological polar surface area (TPSA) is 64.3 Å². The molecule has 2 rings (SSSR count). The Morgan fingerprint density at radius 3 is 2.48 bits per heavy atom. The first-order chi connectivity index (χ1) is 10.1. The lowest BCUT2D eigenvalue weighted by molar-refractivity contribution is -0.115. The average Bonchev–Trinajstić information content (AvgIpc) is 2.50. The predicted octanol–water partition coefficient (Wildman–Crippen LogP) is 3.40. The standard InChI is InChI=1S/C16H18N2O2S/c1-11(21-15-6-4-3-5-14(15)17)16(19)18-12-7-9-13(20-2)10-8-12/h3-11H,17H2,1-2H3,(H,18,19)/t11-/m0/s1. The fraction of sp³-hybridized carbons (Fsp3) is 0.188. The van der Waals surface area contributed by atoms with E-state index in [1.54, 1.807) is 7.11 Å². The molecule has 2 aromatic rings. The van der Waals surface area contributed by atoms with Gasteiger partial charge in [-0.2, -0.15) is 0 Å². The van der Waals surface area contributed by atoms with E-state index in [1.165, 1.54) is 11.8 Å². The monoisotopic (exact) mass is 302 g/mol. The Hall–Kier alpha value is -2.14. The van der Waals surface area contributed by atoms with E-state index in [9.17, 15) is 4.79 Å². The molecule has 5 heteroatoms. The number of ether oxygens (including phenoxy) is 1. The highest BCUT2D eigenvalue weighted by Gasteiger charge is 2.15. The zero-order valence-corrected chi connectivity index (χ0v) is 12.8. The van der Waals surface area contributed by atoms with E-state index in [4.69, 9.17) is 10.5 Å². The van der Waals surface area contributed by atoms with Crippen molar-refractivity contribution in [3.8, 4) is 5.75 Å². The minimum atomic E-state index is -0.239. The number of para-hydroxylation sites is 1. The van der Waals surface area contributed by atoms with Crippen LogP contribution in [0.2, 0.25) is 0 Å². The maximum Gasteiger partial charge on any atom is 0.237 e. The summed E-state index contributed by atoms with van der Waals surface area (Å²) < 4.78 is 5.08. The van der Waals surface area contributed by atoms with Crippen LogP contribution >= 0.6 is 11.8 Å². The molecule has 0 saturated carbocycles. The largest absolute Gasteiger partial charge is 0.497 e. The number of methoxy groups -OCH3 is 1. The molecule has 4 nitrogen and oxygen atoms in total. The van der Waals surface area contributed by atoms with Crippen molar-refractivity contribution in [1.82, 2.24) is 0 Å². The molecule has 0 aliphatic rings. The number of carbonyl (C=O) groups is 1. The Balaban J connectivity index is 1.97. The van der Waals surface area contributed by atoms with Crippen molar-refractivity contribution in [3.63, 3.8) is 0 Å². The van der Waals surface area contributed by atoms with E-state index in [2.05, 4.69) is 5.32 Å². The molecule has 0 radical (unpaired) electrons. The third-order valence-electron chi connectivity index (χ3n) is 2.95. The third kappa shape index (κ3) is 4.16. The van der Waals surface area contributed by atoms with Crippen LogP contribution in [-0.2, 0) is 4.79 Å². The van der Waals surface area contributed by atoms with Crippen LogP contribution in [0.15, 0.2) is 53.4 Å². The maximum absolute atomic E-state index is 12.2. The number of hydrogen-bond donors (Lipinski definition) is 2. The summed E-state index contributed by atoms with van der Waals surface area (Å²) in [6.45, 7) is 1.86. The molecule has 2 aromatic carbocycles. The van der Waals surface area contributed by atoms with Gasteiger partial charge in [-0.05, 0) is 43.3 Å². The van der Waals surface area contributed by atoms with Gasteiger partial charge in [0.1, 0.15) is 5.75 Å². The third-order valence-corrected chi connectivity index (χ3v) is 4.14. The van der Waals surface area contributed by atoms with Crippen molar-refractivity contribution in [2.24, 2.45) is 0 Å². The molecule has 1 atom stereocenters. The Bertz CT molecular complexity index is 614. The smallest absolute Gasteiger partial charge is 0.237 e. The molecule has 0 bridgehead atoms. The summed E-state index contributed by atoms with van der Waals surface area (Å²) in [5.41, 5.74) is 7.32. The molecule has 0 aliphatic heterocycles. The lowest BCUT2D eigenvalue weighted by Crippen LogP contribution is -2.22. The van der Waals surface area contributed by atoms with Crippen LogP contribution in [0.25, 0.3) is 0 Å². The molecule has 3 N–H and O–H groups in total. The number of amides is 1. The second-order valence-corrected chi connectivity index (χ2v) is 5.90. The first-order valence-corrected chi connectivity index (χ1v) is 7.44. The molecular weight excluding hydrogens is 284 g/mol. The number of thioether (sulfide) groups is 1. The van der Waals surface area contributed by atoms with E-state index in [-0.39, 0.29) is 11.2 Å². The lowest BCUT2D eigenvalue weighted by Gasteiger charge is -2.13.